The van der Waals surface area contributed by atoms with Crippen LogP contribution in [0.15, 0.2) is 47.2 Å². The summed E-state index contributed by atoms with van der Waals surface area (Å²) in [7, 11) is 0. The standard InChI is InChI=1S/C14H17BrN4/c15-13-4-2-1-3-10(13)7-12(19-17)8-11-9-18-6-5-14(11)16/h1-6,9,12,19H,7-8,17H2,(H2,16,18). The Morgan fingerprint density at radius 2 is 1.89 bits per heavy atom. The van der Waals surface area contributed by atoms with Gasteiger partial charge < -0.3 is 5.73 Å². The monoisotopic (exact) mass is 320 g/mol. The molecular weight excluding hydrogens is 304 g/mol. The number of nitrogen functional groups attached to an aromatic ring is 1. The van der Waals surface area contributed by atoms with E-state index in [2.05, 4.69) is 32.4 Å². The molecule has 0 fully saturated rings. The Kier molecular flexibility index (Phi) is 4.90. The number of hydrogen-bond donors (Lipinski definition) is 3. The number of hydrazine groups is 1. The number of anilines is 1. The largest absolute Gasteiger partial charge is 0.398 e. The van der Waals surface area contributed by atoms with Crippen LogP contribution in [0.2, 0.25) is 0 Å². The summed E-state index contributed by atoms with van der Waals surface area (Å²) in [5.74, 6) is 5.64. The van der Waals surface area contributed by atoms with Crippen LogP contribution < -0.4 is 17.0 Å². The van der Waals surface area contributed by atoms with Crippen molar-refractivity contribution in [1.29, 1.82) is 0 Å². The molecule has 1 aromatic carbocycles. The molecule has 0 amide bonds. The van der Waals surface area contributed by atoms with E-state index >= 15 is 0 Å². The molecule has 0 saturated heterocycles. The molecule has 1 heterocycles. The predicted octanol–water partition coefficient (Wildman–Crippen LogP) is 2.04. The van der Waals surface area contributed by atoms with Gasteiger partial charge in [-0.15, -0.1) is 0 Å². The summed E-state index contributed by atoms with van der Waals surface area (Å²) in [5.41, 5.74) is 11.8. The lowest BCUT2D eigenvalue weighted by Crippen LogP contribution is -2.38. The molecule has 1 unspecified atom stereocenters. The van der Waals surface area contributed by atoms with Gasteiger partial charge in [0, 0.05) is 28.6 Å². The minimum absolute atomic E-state index is 0.116. The van der Waals surface area contributed by atoms with Crippen LogP contribution in [0, 0.1) is 0 Å². The van der Waals surface area contributed by atoms with Crippen LogP contribution in [-0.2, 0) is 12.8 Å². The van der Waals surface area contributed by atoms with E-state index < -0.39 is 0 Å². The van der Waals surface area contributed by atoms with Crippen LogP contribution in [0.1, 0.15) is 11.1 Å². The predicted molar refractivity (Wildman–Crippen MR) is 81.3 cm³/mol. The van der Waals surface area contributed by atoms with Gasteiger partial charge in [-0.25, -0.2) is 0 Å². The van der Waals surface area contributed by atoms with Crippen molar-refractivity contribution in [2.75, 3.05) is 5.73 Å². The first-order valence-electron chi connectivity index (χ1n) is 6.08. The van der Waals surface area contributed by atoms with Crippen LogP contribution in [0.3, 0.4) is 0 Å². The van der Waals surface area contributed by atoms with Gasteiger partial charge in [0.25, 0.3) is 0 Å². The Hall–Kier alpha value is -1.43. The third kappa shape index (κ3) is 3.76. The van der Waals surface area contributed by atoms with Gasteiger partial charge in [0.2, 0.25) is 0 Å². The molecule has 0 saturated carbocycles. The van der Waals surface area contributed by atoms with Crippen LogP contribution >= 0.6 is 15.9 Å². The first-order chi connectivity index (χ1) is 9.20. The van der Waals surface area contributed by atoms with Gasteiger partial charge in [0.15, 0.2) is 0 Å². The molecule has 1 aromatic heterocycles. The Bertz CT molecular complexity index is 497. The molecule has 2 rings (SSSR count). The maximum atomic E-state index is 5.93. The summed E-state index contributed by atoms with van der Waals surface area (Å²) in [6.07, 6.45) is 5.06. The van der Waals surface area contributed by atoms with E-state index in [9.17, 15) is 0 Å². The number of halogens is 1. The maximum Gasteiger partial charge on any atom is 0.0378 e. The van der Waals surface area contributed by atoms with Crippen molar-refractivity contribution in [3.8, 4) is 0 Å². The van der Waals surface area contributed by atoms with Crippen LogP contribution in [-0.4, -0.2) is 11.0 Å². The zero-order valence-corrected chi connectivity index (χ0v) is 12.1. The average Bonchev–Trinajstić information content (AvgIpc) is 2.42. The highest BCUT2D eigenvalue weighted by Gasteiger charge is 2.12. The van der Waals surface area contributed by atoms with E-state index in [0.717, 1.165) is 28.6 Å². The van der Waals surface area contributed by atoms with E-state index in [-0.39, 0.29) is 6.04 Å². The lowest BCUT2D eigenvalue weighted by molar-refractivity contribution is 0.522. The molecule has 4 nitrogen and oxygen atoms in total. The molecule has 100 valence electrons. The van der Waals surface area contributed by atoms with Crippen molar-refractivity contribution < 1.29 is 0 Å². The molecule has 2 aromatic rings. The lowest BCUT2D eigenvalue weighted by atomic mass is 10.00. The minimum atomic E-state index is 0.116. The molecule has 0 aliphatic rings. The summed E-state index contributed by atoms with van der Waals surface area (Å²) >= 11 is 3.55. The summed E-state index contributed by atoms with van der Waals surface area (Å²) in [6.45, 7) is 0. The molecule has 5 heteroatoms. The second-order valence-corrected chi connectivity index (χ2v) is 5.29. The van der Waals surface area contributed by atoms with E-state index in [1.54, 1.807) is 18.5 Å². The highest BCUT2D eigenvalue weighted by atomic mass is 79.9. The molecule has 0 aliphatic carbocycles. The maximum absolute atomic E-state index is 5.93. The molecule has 0 aliphatic heterocycles. The quantitative estimate of drug-likeness (QED) is 0.582. The molecular formula is C14H17BrN4. The zero-order chi connectivity index (χ0) is 13.7. The van der Waals surface area contributed by atoms with E-state index in [0.29, 0.717) is 0 Å². The zero-order valence-electron chi connectivity index (χ0n) is 10.5. The number of rotatable bonds is 5. The van der Waals surface area contributed by atoms with Crippen LogP contribution in [0.5, 0.6) is 0 Å². The highest BCUT2D eigenvalue weighted by Crippen LogP contribution is 2.19. The third-order valence-corrected chi connectivity index (χ3v) is 3.84. The van der Waals surface area contributed by atoms with Gasteiger partial charge in [-0.2, -0.15) is 0 Å². The Morgan fingerprint density at radius 3 is 2.58 bits per heavy atom. The third-order valence-electron chi connectivity index (χ3n) is 3.07. The fourth-order valence-electron chi connectivity index (χ4n) is 1.99. The number of nitrogens with two attached hydrogens (primary N) is 2. The number of benzene rings is 1. The summed E-state index contributed by atoms with van der Waals surface area (Å²) < 4.78 is 1.09. The van der Waals surface area contributed by atoms with Crippen LogP contribution in [0.4, 0.5) is 5.69 Å². The summed E-state index contributed by atoms with van der Waals surface area (Å²) in [5, 5.41) is 0. The van der Waals surface area contributed by atoms with Crippen molar-refractivity contribution in [3.63, 3.8) is 0 Å². The Balaban J connectivity index is 2.09. The van der Waals surface area contributed by atoms with E-state index in [1.807, 2.05) is 18.2 Å². The van der Waals surface area contributed by atoms with Crippen molar-refractivity contribution in [3.05, 3.63) is 58.3 Å². The van der Waals surface area contributed by atoms with E-state index in [1.165, 1.54) is 5.56 Å². The van der Waals surface area contributed by atoms with Crippen molar-refractivity contribution in [2.45, 2.75) is 18.9 Å². The van der Waals surface area contributed by atoms with Crippen molar-refractivity contribution in [1.82, 2.24) is 10.4 Å². The summed E-state index contributed by atoms with van der Waals surface area (Å²) in [6, 6.07) is 10.1. The summed E-state index contributed by atoms with van der Waals surface area (Å²) in [4.78, 5) is 4.10. The van der Waals surface area contributed by atoms with Gasteiger partial charge >= 0.3 is 0 Å². The second-order valence-electron chi connectivity index (χ2n) is 4.44. The molecule has 1 atom stereocenters. The smallest absolute Gasteiger partial charge is 0.0378 e. The van der Waals surface area contributed by atoms with Gasteiger partial charge in [-0.3, -0.25) is 16.3 Å². The number of hydrogen-bond acceptors (Lipinski definition) is 4. The molecule has 0 bridgehead atoms. The highest BCUT2D eigenvalue weighted by molar-refractivity contribution is 9.10. The fourth-order valence-corrected chi connectivity index (χ4v) is 2.44. The lowest BCUT2D eigenvalue weighted by Gasteiger charge is -2.17. The SMILES string of the molecule is NNC(Cc1cnccc1N)Cc1ccccc1Br. The minimum Gasteiger partial charge on any atom is -0.398 e. The van der Waals surface area contributed by atoms with Gasteiger partial charge in [-0.1, -0.05) is 34.1 Å². The Labute approximate surface area is 121 Å². The van der Waals surface area contributed by atoms with Gasteiger partial charge in [0.1, 0.15) is 0 Å². The van der Waals surface area contributed by atoms with Crippen molar-refractivity contribution in [2.24, 2.45) is 5.84 Å². The molecule has 19 heavy (non-hydrogen) atoms. The average molecular weight is 321 g/mol. The topological polar surface area (TPSA) is 77.0 Å². The number of pyridine rings is 1. The first-order valence-corrected chi connectivity index (χ1v) is 6.88. The molecule has 0 radical (unpaired) electrons. The van der Waals surface area contributed by atoms with Gasteiger partial charge in [-0.05, 0) is 36.1 Å². The second kappa shape index (κ2) is 6.65. The first kappa shape index (κ1) is 14.0. The number of aromatic nitrogens is 1. The fraction of sp³-hybridized carbons (Fsp3) is 0.214. The van der Waals surface area contributed by atoms with Gasteiger partial charge in [0.05, 0.1) is 0 Å². The van der Waals surface area contributed by atoms with Crippen LogP contribution in [0.25, 0.3) is 0 Å². The number of nitrogens with one attached hydrogen (secondary N) is 1. The van der Waals surface area contributed by atoms with E-state index in [4.69, 9.17) is 11.6 Å². The Morgan fingerprint density at radius 1 is 1.16 bits per heavy atom. The molecule has 5 N–H and O–H groups in total. The van der Waals surface area contributed by atoms with Crippen molar-refractivity contribution >= 4 is 21.6 Å². The normalized spacial score (nSPS) is 12.3. The number of nitrogens with zero attached hydrogens (tertiary/aromatic N) is 1. The molecule has 0 spiro atoms.